The molecule has 0 aromatic heterocycles. The first-order chi connectivity index (χ1) is 11.5. The second-order valence-electron chi connectivity index (χ2n) is 5.31. The number of fused-ring (bicyclic) bond motifs is 1. The van der Waals surface area contributed by atoms with E-state index in [0.717, 1.165) is 10.8 Å². The number of rotatable bonds is 3. The SMILES string of the molecule is CCOc1ccc2ccccc2c1C=C1C(=O)NC(=S)N(C)C1=O. The molecule has 1 heterocycles. The van der Waals surface area contributed by atoms with E-state index in [1.54, 1.807) is 6.08 Å². The van der Waals surface area contributed by atoms with Crippen LogP contribution in [0.2, 0.25) is 0 Å². The van der Waals surface area contributed by atoms with Crippen molar-refractivity contribution in [2.24, 2.45) is 0 Å². The molecule has 1 aliphatic heterocycles. The van der Waals surface area contributed by atoms with Crippen molar-refractivity contribution in [3.05, 3.63) is 47.5 Å². The van der Waals surface area contributed by atoms with Gasteiger partial charge in [0.25, 0.3) is 11.8 Å². The molecule has 2 amide bonds. The number of amides is 2. The number of ether oxygens (including phenoxy) is 1. The molecule has 1 fully saturated rings. The Bertz CT molecular complexity index is 889. The van der Waals surface area contributed by atoms with E-state index in [0.29, 0.717) is 17.9 Å². The van der Waals surface area contributed by atoms with E-state index >= 15 is 0 Å². The molecule has 5 nitrogen and oxygen atoms in total. The van der Waals surface area contributed by atoms with Crippen molar-refractivity contribution in [2.45, 2.75) is 6.92 Å². The lowest BCUT2D eigenvalue weighted by Crippen LogP contribution is -2.52. The van der Waals surface area contributed by atoms with Crippen LogP contribution in [0.3, 0.4) is 0 Å². The molecule has 2 aromatic carbocycles. The summed E-state index contributed by atoms with van der Waals surface area (Å²) in [6.45, 7) is 2.37. The molecular weight excluding hydrogens is 324 g/mol. The van der Waals surface area contributed by atoms with Crippen molar-refractivity contribution >= 4 is 46.0 Å². The van der Waals surface area contributed by atoms with E-state index in [-0.39, 0.29) is 10.7 Å². The van der Waals surface area contributed by atoms with Gasteiger partial charge in [0.1, 0.15) is 11.3 Å². The molecule has 2 aromatic rings. The van der Waals surface area contributed by atoms with Gasteiger partial charge in [0.15, 0.2) is 5.11 Å². The number of likely N-dealkylation sites (N-methyl/N-ethyl adjacent to an activating group) is 1. The summed E-state index contributed by atoms with van der Waals surface area (Å²) in [5.41, 5.74) is 0.734. The number of carbonyl (C=O) groups is 2. The minimum atomic E-state index is -0.501. The zero-order chi connectivity index (χ0) is 17.3. The van der Waals surface area contributed by atoms with Crippen LogP contribution < -0.4 is 10.1 Å². The predicted molar refractivity (Wildman–Crippen MR) is 96.6 cm³/mol. The largest absolute Gasteiger partial charge is 0.493 e. The van der Waals surface area contributed by atoms with E-state index in [1.807, 2.05) is 43.3 Å². The summed E-state index contributed by atoms with van der Waals surface area (Å²) in [6, 6.07) is 11.5. The Morgan fingerprint density at radius 3 is 2.71 bits per heavy atom. The fraction of sp³-hybridized carbons (Fsp3) is 0.167. The fourth-order valence-electron chi connectivity index (χ4n) is 2.60. The summed E-state index contributed by atoms with van der Waals surface area (Å²) >= 11 is 4.97. The summed E-state index contributed by atoms with van der Waals surface area (Å²) in [7, 11) is 1.53. The van der Waals surface area contributed by atoms with Crippen LogP contribution in [-0.4, -0.2) is 35.5 Å². The van der Waals surface area contributed by atoms with Gasteiger partial charge < -0.3 is 4.74 Å². The van der Waals surface area contributed by atoms with Gasteiger partial charge in [0.2, 0.25) is 0 Å². The summed E-state index contributed by atoms with van der Waals surface area (Å²) in [5, 5.41) is 4.53. The van der Waals surface area contributed by atoms with Crippen molar-refractivity contribution < 1.29 is 14.3 Å². The molecule has 122 valence electrons. The van der Waals surface area contributed by atoms with Crippen LogP contribution in [0.5, 0.6) is 5.75 Å². The van der Waals surface area contributed by atoms with Crippen LogP contribution >= 0.6 is 12.2 Å². The van der Waals surface area contributed by atoms with Crippen LogP contribution in [0, 0.1) is 0 Å². The minimum absolute atomic E-state index is 0.0309. The maximum Gasteiger partial charge on any atom is 0.265 e. The van der Waals surface area contributed by atoms with Crippen molar-refractivity contribution in [1.82, 2.24) is 10.2 Å². The quantitative estimate of drug-likeness (QED) is 0.530. The van der Waals surface area contributed by atoms with Gasteiger partial charge in [-0.25, -0.2) is 0 Å². The number of nitrogens with zero attached hydrogens (tertiary/aromatic N) is 1. The van der Waals surface area contributed by atoms with Gasteiger partial charge in [-0.15, -0.1) is 0 Å². The maximum absolute atomic E-state index is 12.4. The summed E-state index contributed by atoms with van der Waals surface area (Å²) in [6.07, 6.45) is 1.57. The van der Waals surface area contributed by atoms with E-state index in [9.17, 15) is 9.59 Å². The Labute approximate surface area is 144 Å². The van der Waals surface area contributed by atoms with Crippen molar-refractivity contribution in [2.75, 3.05) is 13.7 Å². The van der Waals surface area contributed by atoms with Gasteiger partial charge in [-0.2, -0.15) is 0 Å². The van der Waals surface area contributed by atoms with Crippen LogP contribution in [0.15, 0.2) is 42.0 Å². The topological polar surface area (TPSA) is 58.6 Å². The molecule has 3 rings (SSSR count). The standard InChI is InChI=1S/C18H16N2O3S/c1-3-23-15-9-8-11-6-4-5-7-12(11)13(15)10-14-16(21)19-18(24)20(2)17(14)22/h4-10H,3H2,1-2H3,(H,19,21,24). The van der Waals surface area contributed by atoms with Gasteiger partial charge in [0.05, 0.1) is 6.61 Å². The number of benzene rings is 2. The van der Waals surface area contributed by atoms with E-state index in [2.05, 4.69) is 5.32 Å². The second kappa shape index (κ2) is 6.41. The van der Waals surface area contributed by atoms with Gasteiger partial charge >= 0.3 is 0 Å². The molecule has 0 radical (unpaired) electrons. The summed E-state index contributed by atoms with van der Waals surface area (Å²) in [4.78, 5) is 25.9. The van der Waals surface area contributed by atoms with Crippen LogP contribution in [0.1, 0.15) is 12.5 Å². The highest BCUT2D eigenvalue weighted by molar-refractivity contribution is 7.80. The van der Waals surface area contributed by atoms with Crippen molar-refractivity contribution in [3.63, 3.8) is 0 Å². The highest BCUT2D eigenvalue weighted by atomic mass is 32.1. The smallest absolute Gasteiger partial charge is 0.265 e. The van der Waals surface area contributed by atoms with Crippen LogP contribution in [0.4, 0.5) is 0 Å². The highest BCUT2D eigenvalue weighted by Gasteiger charge is 2.31. The Morgan fingerprint density at radius 2 is 1.96 bits per heavy atom. The molecule has 0 unspecified atom stereocenters. The first kappa shape index (κ1) is 16.1. The molecule has 24 heavy (non-hydrogen) atoms. The lowest BCUT2D eigenvalue weighted by molar-refractivity contribution is -0.128. The number of carbonyl (C=O) groups excluding carboxylic acids is 2. The molecular formula is C18H16N2O3S. The second-order valence-corrected chi connectivity index (χ2v) is 5.70. The van der Waals surface area contributed by atoms with Crippen molar-refractivity contribution in [3.8, 4) is 5.75 Å². The Hall–Kier alpha value is -2.73. The number of thiocarbonyl (C=S) groups is 1. The lowest BCUT2D eigenvalue weighted by atomic mass is 10.00. The number of hydrogen-bond acceptors (Lipinski definition) is 4. The molecule has 1 aliphatic rings. The first-order valence-electron chi connectivity index (χ1n) is 7.52. The van der Waals surface area contributed by atoms with Gasteiger partial charge in [0, 0.05) is 12.6 Å². The molecule has 0 atom stereocenters. The molecule has 0 spiro atoms. The number of hydrogen-bond donors (Lipinski definition) is 1. The van der Waals surface area contributed by atoms with E-state index in [4.69, 9.17) is 17.0 Å². The van der Waals surface area contributed by atoms with Gasteiger partial charge in [-0.3, -0.25) is 19.8 Å². The molecule has 0 bridgehead atoms. The fourth-order valence-corrected chi connectivity index (χ4v) is 2.77. The normalized spacial score (nSPS) is 16.7. The van der Waals surface area contributed by atoms with Gasteiger partial charge in [-0.05, 0) is 42.1 Å². The molecule has 1 saturated heterocycles. The third-order valence-electron chi connectivity index (χ3n) is 3.82. The van der Waals surface area contributed by atoms with Crippen molar-refractivity contribution in [1.29, 1.82) is 0 Å². The summed E-state index contributed by atoms with van der Waals surface area (Å²) < 4.78 is 5.68. The lowest BCUT2D eigenvalue weighted by Gasteiger charge is -2.25. The predicted octanol–water partition coefficient (Wildman–Crippen LogP) is 2.50. The minimum Gasteiger partial charge on any atom is -0.493 e. The van der Waals surface area contributed by atoms with Crippen LogP contribution in [0.25, 0.3) is 16.8 Å². The maximum atomic E-state index is 12.4. The van der Waals surface area contributed by atoms with Crippen LogP contribution in [-0.2, 0) is 9.59 Å². The molecule has 0 aliphatic carbocycles. The number of nitrogens with one attached hydrogen (secondary N) is 1. The Morgan fingerprint density at radius 1 is 1.21 bits per heavy atom. The van der Waals surface area contributed by atoms with E-state index < -0.39 is 11.8 Å². The average Bonchev–Trinajstić information content (AvgIpc) is 2.58. The first-order valence-corrected chi connectivity index (χ1v) is 7.93. The molecule has 1 N–H and O–H groups in total. The zero-order valence-corrected chi connectivity index (χ0v) is 14.1. The van der Waals surface area contributed by atoms with E-state index in [1.165, 1.54) is 11.9 Å². The average molecular weight is 340 g/mol. The molecule has 6 heteroatoms. The zero-order valence-electron chi connectivity index (χ0n) is 13.3. The third-order valence-corrected chi connectivity index (χ3v) is 4.20. The third kappa shape index (κ3) is 2.76. The summed E-state index contributed by atoms with van der Waals surface area (Å²) in [5.74, 6) is -0.308. The monoisotopic (exact) mass is 340 g/mol. The Kier molecular flexibility index (Phi) is 4.31. The highest BCUT2D eigenvalue weighted by Crippen LogP contribution is 2.31. The Balaban J connectivity index is 2.21. The van der Waals surface area contributed by atoms with Gasteiger partial charge in [-0.1, -0.05) is 30.3 Å². The molecule has 0 saturated carbocycles.